The summed E-state index contributed by atoms with van der Waals surface area (Å²) < 4.78 is 10.3. The summed E-state index contributed by atoms with van der Waals surface area (Å²) in [4.78, 5) is 11.2. The number of carboxylic acid groups (broad SMARTS) is 1. The van der Waals surface area contributed by atoms with Crippen molar-refractivity contribution in [1.82, 2.24) is 0 Å². The van der Waals surface area contributed by atoms with Gasteiger partial charge in [-0.05, 0) is 23.6 Å². The number of hydrogen-bond acceptors (Lipinski definition) is 3. The van der Waals surface area contributed by atoms with Gasteiger partial charge in [-0.1, -0.05) is 19.9 Å². The number of aliphatic carboxylic acids is 1. The van der Waals surface area contributed by atoms with Crippen LogP contribution in [0.5, 0.6) is 11.5 Å². The first-order valence-corrected chi connectivity index (χ1v) is 5.46. The standard InChI is InChI=1S/C13H18O4/c1-8(2)12(13(14)15)9-5-6-10(16-3)11(7-9)17-4/h5-8,12H,1-4H3,(H,14,15)/t12-/m0/s1. The minimum absolute atomic E-state index is 0.0191. The summed E-state index contributed by atoms with van der Waals surface area (Å²) >= 11 is 0. The number of rotatable bonds is 5. The lowest BCUT2D eigenvalue weighted by Crippen LogP contribution is -2.17. The Morgan fingerprint density at radius 2 is 1.76 bits per heavy atom. The number of carboxylic acids is 1. The summed E-state index contributed by atoms with van der Waals surface area (Å²) in [7, 11) is 3.08. The maximum atomic E-state index is 11.2. The van der Waals surface area contributed by atoms with Gasteiger partial charge < -0.3 is 14.6 Å². The second-order valence-corrected chi connectivity index (χ2v) is 4.17. The summed E-state index contributed by atoms with van der Waals surface area (Å²) in [6, 6.07) is 5.21. The van der Waals surface area contributed by atoms with E-state index in [4.69, 9.17) is 9.47 Å². The van der Waals surface area contributed by atoms with Crippen molar-refractivity contribution in [1.29, 1.82) is 0 Å². The van der Waals surface area contributed by atoms with Crippen LogP contribution in [0.25, 0.3) is 0 Å². The Balaban J connectivity index is 3.17. The van der Waals surface area contributed by atoms with Crippen LogP contribution >= 0.6 is 0 Å². The minimum Gasteiger partial charge on any atom is -0.493 e. The lowest BCUT2D eigenvalue weighted by atomic mass is 9.88. The van der Waals surface area contributed by atoms with E-state index in [1.165, 1.54) is 7.11 Å². The van der Waals surface area contributed by atoms with Crippen molar-refractivity contribution in [2.24, 2.45) is 5.92 Å². The molecule has 1 atom stereocenters. The Labute approximate surface area is 101 Å². The Hall–Kier alpha value is -1.71. The van der Waals surface area contributed by atoms with E-state index in [0.29, 0.717) is 11.5 Å². The highest BCUT2D eigenvalue weighted by atomic mass is 16.5. The third-order valence-electron chi connectivity index (χ3n) is 2.70. The molecule has 0 aliphatic heterocycles. The van der Waals surface area contributed by atoms with Gasteiger partial charge in [-0.2, -0.15) is 0 Å². The molecule has 94 valence electrons. The van der Waals surface area contributed by atoms with Gasteiger partial charge in [-0.25, -0.2) is 0 Å². The van der Waals surface area contributed by atoms with Crippen molar-refractivity contribution < 1.29 is 19.4 Å². The second kappa shape index (κ2) is 5.57. The van der Waals surface area contributed by atoms with Gasteiger partial charge in [-0.3, -0.25) is 4.79 Å². The van der Waals surface area contributed by atoms with Crippen LogP contribution in [-0.4, -0.2) is 25.3 Å². The fraction of sp³-hybridized carbons (Fsp3) is 0.462. The fourth-order valence-electron chi connectivity index (χ4n) is 1.86. The normalized spacial score (nSPS) is 12.3. The largest absolute Gasteiger partial charge is 0.493 e. The molecule has 0 saturated heterocycles. The van der Waals surface area contributed by atoms with Crippen molar-refractivity contribution in [3.8, 4) is 11.5 Å². The summed E-state index contributed by atoms with van der Waals surface area (Å²) in [5, 5.41) is 9.22. The molecule has 1 aromatic carbocycles. The van der Waals surface area contributed by atoms with E-state index >= 15 is 0 Å². The van der Waals surface area contributed by atoms with E-state index < -0.39 is 11.9 Å². The van der Waals surface area contributed by atoms with Crippen molar-refractivity contribution in [3.05, 3.63) is 23.8 Å². The Bertz CT molecular complexity index is 398. The lowest BCUT2D eigenvalue weighted by Gasteiger charge is -2.18. The third kappa shape index (κ3) is 2.90. The van der Waals surface area contributed by atoms with Crippen molar-refractivity contribution in [3.63, 3.8) is 0 Å². The van der Waals surface area contributed by atoms with Crippen molar-refractivity contribution >= 4 is 5.97 Å². The van der Waals surface area contributed by atoms with E-state index in [-0.39, 0.29) is 5.92 Å². The molecular weight excluding hydrogens is 220 g/mol. The van der Waals surface area contributed by atoms with Gasteiger partial charge in [0.25, 0.3) is 0 Å². The minimum atomic E-state index is -0.827. The lowest BCUT2D eigenvalue weighted by molar-refractivity contribution is -0.139. The maximum absolute atomic E-state index is 11.2. The molecule has 0 fully saturated rings. The monoisotopic (exact) mass is 238 g/mol. The first kappa shape index (κ1) is 13.4. The van der Waals surface area contributed by atoms with Crippen LogP contribution in [-0.2, 0) is 4.79 Å². The topological polar surface area (TPSA) is 55.8 Å². The summed E-state index contributed by atoms with van der Waals surface area (Å²) in [5.41, 5.74) is 0.727. The SMILES string of the molecule is COc1ccc([C@@H](C(=O)O)C(C)C)cc1OC. The Kier molecular flexibility index (Phi) is 4.37. The van der Waals surface area contributed by atoms with Crippen LogP contribution in [0.1, 0.15) is 25.3 Å². The van der Waals surface area contributed by atoms with Gasteiger partial charge in [0.15, 0.2) is 11.5 Å². The zero-order valence-corrected chi connectivity index (χ0v) is 10.6. The molecule has 0 saturated carbocycles. The zero-order valence-electron chi connectivity index (χ0n) is 10.6. The van der Waals surface area contributed by atoms with E-state index in [1.54, 1.807) is 25.3 Å². The quantitative estimate of drug-likeness (QED) is 0.856. The molecule has 1 aromatic rings. The number of hydrogen-bond donors (Lipinski definition) is 1. The molecule has 1 N–H and O–H groups in total. The summed E-state index contributed by atoms with van der Waals surface area (Å²) in [6.45, 7) is 3.77. The second-order valence-electron chi connectivity index (χ2n) is 4.17. The summed E-state index contributed by atoms with van der Waals surface area (Å²) in [6.07, 6.45) is 0. The molecule has 0 spiro atoms. The highest BCUT2D eigenvalue weighted by molar-refractivity contribution is 5.76. The molecule has 0 bridgehead atoms. The molecule has 0 amide bonds. The number of methoxy groups -OCH3 is 2. The van der Waals surface area contributed by atoms with E-state index in [1.807, 2.05) is 13.8 Å². The van der Waals surface area contributed by atoms with Crippen LogP contribution in [0.2, 0.25) is 0 Å². The fourth-order valence-corrected chi connectivity index (χ4v) is 1.86. The molecule has 4 heteroatoms. The van der Waals surface area contributed by atoms with Gasteiger partial charge >= 0.3 is 5.97 Å². The predicted molar refractivity (Wildman–Crippen MR) is 64.8 cm³/mol. The van der Waals surface area contributed by atoms with Gasteiger partial charge in [0.1, 0.15) is 0 Å². The molecule has 0 unspecified atom stereocenters. The number of ether oxygens (including phenoxy) is 2. The average molecular weight is 238 g/mol. The van der Waals surface area contributed by atoms with E-state index in [0.717, 1.165) is 5.56 Å². The molecule has 0 heterocycles. The van der Waals surface area contributed by atoms with Gasteiger partial charge in [0.2, 0.25) is 0 Å². The van der Waals surface area contributed by atoms with Crippen molar-refractivity contribution in [2.75, 3.05) is 14.2 Å². The first-order valence-electron chi connectivity index (χ1n) is 5.46. The molecule has 0 aliphatic carbocycles. The smallest absolute Gasteiger partial charge is 0.311 e. The van der Waals surface area contributed by atoms with Crippen molar-refractivity contribution in [2.45, 2.75) is 19.8 Å². The molecular formula is C13H18O4. The maximum Gasteiger partial charge on any atom is 0.311 e. The van der Waals surface area contributed by atoms with Gasteiger partial charge in [0, 0.05) is 0 Å². The first-order chi connectivity index (χ1) is 8.01. The van der Waals surface area contributed by atoms with Crippen LogP contribution < -0.4 is 9.47 Å². The Morgan fingerprint density at radius 1 is 1.18 bits per heavy atom. The highest BCUT2D eigenvalue weighted by Gasteiger charge is 2.24. The van der Waals surface area contributed by atoms with E-state index in [9.17, 15) is 9.90 Å². The molecule has 0 aromatic heterocycles. The molecule has 0 aliphatic rings. The number of benzene rings is 1. The van der Waals surface area contributed by atoms with E-state index in [2.05, 4.69) is 0 Å². The highest BCUT2D eigenvalue weighted by Crippen LogP contribution is 2.33. The molecule has 1 rings (SSSR count). The van der Waals surface area contributed by atoms with Crippen LogP contribution in [0, 0.1) is 5.92 Å². The predicted octanol–water partition coefficient (Wildman–Crippen LogP) is 2.53. The number of carbonyl (C=O) groups is 1. The van der Waals surface area contributed by atoms with Gasteiger partial charge in [-0.15, -0.1) is 0 Å². The van der Waals surface area contributed by atoms with Crippen LogP contribution in [0.4, 0.5) is 0 Å². The zero-order chi connectivity index (χ0) is 13.0. The molecule has 0 radical (unpaired) electrons. The molecule has 4 nitrogen and oxygen atoms in total. The molecule has 17 heavy (non-hydrogen) atoms. The van der Waals surface area contributed by atoms with Gasteiger partial charge in [0.05, 0.1) is 20.1 Å². The Morgan fingerprint density at radius 3 is 2.18 bits per heavy atom. The van der Waals surface area contributed by atoms with Crippen LogP contribution in [0.15, 0.2) is 18.2 Å². The average Bonchev–Trinajstić information content (AvgIpc) is 2.27. The summed E-state index contributed by atoms with van der Waals surface area (Å²) in [5.74, 6) is -0.186. The third-order valence-corrected chi connectivity index (χ3v) is 2.70. The van der Waals surface area contributed by atoms with Crippen LogP contribution in [0.3, 0.4) is 0 Å².